The monoisotopic (exact) mass is 303 g/mol. The lowest BCUT2D eigenvalue weighted by molar-refractivity contribution is 0.146. The normalized spacial score (nSPS) is 27.6. The van der Waals surface area contributed by atoms with Crippen molar-refractivity contribution in [2.75, 3.05) is 18.1 Å². The first kappa shape index (κ1) is 18.0. The van der Waals surface area contributed by atoms with Gasteiger partial charge in [0, 0.05) is 5.75 Å². The molecule has 0 unspecified atom stereocenters. The Hall–Kier alpha value is -0.0900. The molecule has 0 bridgehead atoms. The Labute approximate surface area is 125 Å². The quantitative estimate of drug-likeness (QED) is 0.709. The fourth-order valence-electron chi connectivity index (χ4n) is 3.41. The molecule has 0 aromatic rings. The molecule has 0 aliphatic heterocycles. The molecule has 1 aliphatic rings. The van der Waals surface area contributed by atoms with E-state index < -0.39 is 9.84 Å². The minimum Gasteiger partial charge on any atom is -0.330 e. The van der Waals surface area contributed by atoms with E-state index in [1.807, 2.05) is 6.92 Å². The molecule has 0 aromatic carbocycles. The fourth-order valence-corrected chi connectivity index (χ4v) is 4.98. The molecule has 1 saturated carbocycles. The van der Waals surface area contributed by atoms with E-state index in [4.69, 9.17) is 5.73 Å². The van der Waals surface area contributed by atoms with E-state index in [9.17, 15) is 8.42 Å². The van der Waals surface area contributed by atoms with Crippen molar-refractivity contribution >= 4 is 9.84 Å². The first-order valence-electron chi connectivity index (χ1n) is 8.37. The summed E-state index contributed by atoms with van der Waals surface area (Å²) >= 11 is 0. The highest BCUT2D eigenvalue weighted by Gasteiger charge is 2.34. The second-order valence-electron chi connectivity index (χ2n) is 6.69. The molecule has 0 heterocycles. The zero-order valence-corrected chi connectivity index (χ0v) is 14.2. The number of sulfone groups is 1. The molecule has 0 amide bonds. The van der Waals surface area contributed by atoms with Gasteiger partial charge < -0.3 is 5.73 Å². The lowest BCUT2D eigenvalue weighted by atomic mass is 9.68. The van der Waals surface area contributed by atoms with E-state index in [1.54, 1.807) is 0 Å². The van der Waals surface area contributed by atoms with Gasteiger partial charge in [0.15, 0.2) is 0 Å². The molecule has 2 N–H and O–H groups in total. The molecular formula is C16H33NO2S. The highest BCUT2D eigenvalue weighted by molar-refractivity contribution is 7.91. The van der Waals surface area contributed by atoms with Crippen LogP contribution in [-0.4, -0.2) is 26.5 Å². The average Bonchev–Trinajstić information content (AvgIpc) is 2.44. The van der Waals surface area contributed by atoms with Gasteiger partial charge in [-0.3, -0.25) is 0 Å². The van der Waals surface area contributed by atoms with Gasteiger partial charge in [0.1, 0.15) is 9.84 Å². The molecule has 0 aromatic heterocycles. The molecular weight excluding hydrogens is 270 g/mol. The Morgan fingerprint density at radius 3 is 2.25 bits per heavy atom. The third-order valence-electron chi connectivity index (χ3n) is 5.02. The zero-order valence-electron chi connectivity index (χ0n) is 13.4. The summed E-state index contributed by atoms with van der Waals surface area (Å²) in [5.74, 6) is 1.51. The van der Waals surface area contributed by atoms with Crippen LogP contribution in [0.2, 0.25) is 0 Å². The van der Waals surface area contributed by atoms with E-state index in [-0.39, 0.29) is 5.41 Å². The maximum Gasteiger partial charge on any atom is 0.150 e. The molecule has 20 heavy (non-hydrogen) atoms. The third kappa shape index (κ3) is 5.72. The molecule has 1 rings (SSSR count). The van der Waals surface area contributed by atoms with Crippen LogP contribution in [0.15, 0.2) is 0 Å². The van der Waals surface area contributed by atoms with Gasteiger partial charge in [-0.15, -0.1) is 0 Å². The van der Waals surface area contributed by atoms with Crippen LogP contribution in [0.1, 0.15) is 71.6 Å². The van der Waals surface area contributed by atoms with Gasteiger partial charge in [0.05, 0.1) is 5.75 Å². The Morgan fingerprint density at radius 1 is 1.10 bits per heavy atom. The van der Waals surface area contributed by atoms with Gasteiger partial charge in [-0.25, -0.2) is 8.42 Å². The number of hydrogen-bond acceptors (Lipinski definition) is 3. The third-order valence-corrected chi connectivity index (χ3v) is 6.88. The Morgan fingerprint density at radius 2 is 1.75 bits per heavy atom. The van der Waals surface area contributed by atoms with Crippen molar-refractivity contribution in [1.82, 2.24) is 0 Å². The van der Waals surface area contributed by atoms with Crippen LogP contribution in [-0.2, 0) is 9.84 Å². The summed E-state index contributed by atoms with van der Waals surface area (Å²) in [6.45, 7) is 4.82. The molecule has 0 atom stereocenters. The van der Waals surface area contributed by atoms with Crippen LogP contribution in [0.5, 0.6) is 0 Å². The Balaban J connectivity index is 2.46. The van der Waals surface area contributed by atoms with Crippen molar-refractivity contribution in [3.05, 3.63) is 0 Å². The van der Waals surface area contributed by atoms with Gasteiger partial charge in [-0.05, 0) is 56.4 Å². The minimum atomic E-state index is -2.86. The molecule has 0 saturated heterocycles. The second kappa shape index (κ2) is 8.38. The van der Waals surface area contributed by atoms with Crippen molar-refractivity contribution < 1.29 is 8.42 Å². The lowest BCUT2D eigenvalue weighted by Gasteiger charge is -2.39. The van der Waals surface area contributed by atoms with Gasteiger partial charge >= 0.3 is 0 Å². The molecule has 1 fully saturated rings. The molecule has 0 radical (unpaired) electrons. The minimum absolute atomic E-state index is 0.101. The van der Waals surface area contributed by atoms with E-state index in [0.717, 1.165) is 31.6 Å². The fraction of sp³-hybridized carbons (Fsp3) is 1.00. The smallest absolute Gasteiger partial charge is 0.150 e. The summed E-state index contributed by atoms with van der Waals surface area (Å²) in [4.78, 5) is 0. The zero-order chi connectivity index (χ0) is 15.1. The summed E-state index contributed by atoms with van der Waals surface area (Å²) < 4.78 is 23.8. The SMILES string of the molecule is CCCCC1CCC(CN)(CCS(=O)(=O)CCC)CC1. The lowest BCUT2D eigenvalue weighted by Crippen LogP contribution is -2.36. The number of nitrogens with two attached hydrogens (primary N) is 1. The maximum atomic E-state index is 11.9. The summed E-state index contributed by atoms with van der Waals surface area (Å²) in [6, 6.07) is 0. The van der Waals surface area contributed by atoms with Crippen molar-refractivity contribution in [3.63, 3.8) is 0 Å². The average molecular weight is 304 g/mol. The molecule has 0 spiro atoms. The van der Waals surface area contributed by atoms with Crippen LogP contribution >= 0.6 is 0 Å². The number of unbranched alkanes of at least 4 members (excludes halogenated alkanes) is 1. The summed E-state index contributed by atoms with van der Waals surface area (Å²) in [5, 5.41) is 0. The topological polar surface area (TPSA) is 60.2 Å². The van der Waals surface area contributed by atoms with E-state index >= 15 is 0 Å². The summed E-state index contributed by atoms with van der Waals surface area (Å²) in [7, 11) is -2.86. The molecule has 1 aliphatic carbocycles. The standard InChI is InChI=1S/C16H33NO2S/c1-3-5-6-15-7-9-16(14-17,10-8-15)11-13-20(18,19)12-4-2/h15H,3-14,17H2,1-2H3. The largest absolute Gasteiger partial charge is 0.330 e. The highest BCUT2D eigenvalue weighted by atomic mass is 32.2. The van der Waals surface area contributed by atoms with Gasteiger partial charge in [0.2, 0.25) is 0 Å². The van der Waals surface area contributed by atoms with E-state index in [1.165, 1.54) is 32.1 Å². The van der Waals surface area contributed by atoms with Crippen LogP contribution < -0.4 is 5.73 Å². The molecule has 120 valence electrons. The van der Waals surface area contributed by atoms with Crippen molar-refractivity contribution in [2.24, 2.45) is 17.1 Å². The van der Waals surface area contributed by atoms with Crippen LogP contribution in [0, 0.1) is 11.3 Å². The molecule has 4 heteroatoms. The second-order valence-corrected chi connectivity index (χ2v) is 9.00. The van der Waals surface area contributed by atoms with E-state index in [0.29, 0.717) is 18.1 Å². The predicted octanol–water partition coefficient (Wildman–Crippen LogP) is 3.53. The van der Waals surface area contributed by atoms with Crippen LogP contribution in [0.3, 0.4) is 0 Å². The first-order valence-corrected chi connectivity index (χ1v) is 10.2. The van der Waals surface area contributed by atoms with Gasteiger partial charge in [0.25, 0.3) is 0 Å². The van der Waals surface area contributed by atoms with Gasteiger partial charge in [-0.2, -0.15) is 0 Å². The van der Waals surface area contributed by atoms with Crippen molar-refractivity contribution in [3.8, 4) is 0 Å². The first-order chi connectivity index (χ1) is 9.47. The highest BCUT2D eigenvalue weighted by Crippen LogP contribution is 2.42. The maximum absolute atomic E-state index is 11.9. The van der Waals surface area contributed by atoms with Crippen LogP contribution in [0.25, 0.3) is 0 Å². The predicted molar refractivity (Wildman–Crippen MR) is 86.5 cm³/mol. The summed E-state index contributed by atoms with van der Waals surface area (Å²) in [6.07, 6.45) is 10.2. The molecule has 3 nitrogen and oxygen atoms in total. The Bertz CT molecular complexity index is 357. The Kier molecular flexibility index (Phi) is 7.52. The van der Waals surface area contributed by atoms with Crippen molar-refractivity contribution in [1.29, 1.82) is 0 Å². The number of rotatable bonds is 9. The number of hydrogen-bond donors (Lipinski definition) is 1. The van der Waals surface area contributed by atoms with Gasteiger partial charge in [-0.1, -0.05) is 33.1 Å². The van der Waals surface area contributed by atoms with Crippen molar-refractivity contribution in [2.45, 2.75) is 71.6 Å². The van der Waals surface area contributed by atoms with Crippen LogP contribution in [0.4, 0.5) is 0 Å². The summed E-state index contributed by atoms with van der Waals surface area (Å²) in [5.41, 5.74) is 6.09. The van der Waals surface area contributed by atoms with E-state index in [2.05, 4.69) is 6.92 Å².